The molecule has 2 N–H and O–H groups in total. The first kappa shape index (κ1) is 13.6. The Morgan fingerprint density at radius 1 is 1.19 bits per heavy atom. The Labute approximate surface area is 124 Å². The molecule has 108 valence electrons. The van der Waals surface area contributed by atoms with Gasteiger partial charge < -0.3 is 15.4 Å². The standard InChI is InChI=1S/C17H18N2O2/c20-17(12-21-11-13-4-2-1-3-5-13)19-15-6-7-16-14(10-15)8-9-18-16/h1-7,10,18H,8-9,11-12H2,(H,19,20). The number of carbonyl (C=O) groups is 1. The van der Waals surface area contributed by atoms with E-state index in [-0.39, 0.29) is 12.5 Å². The fraction of sp³-hybridized carbons (Fsp3) is 0.235. The fourth-order valence-corrected chi connectivity index (χ4v) is 2.42. The van der Waals surface area contributed by atoms with Crippen molar-refractivity contribution in [2.75, 3.05) is 23.8 Å². The van der Waals surface area contributed by atoms with E-state index in [9.17, 15) is 4.79 Å². The lowest BCUT2D eigenvalue weighted by molar-refractivity contribution is -0.121. The summed E-state index contributed by atoms with van der Waals surface area (Å²) in [5, 5.41) is 6.16. The van der Waals surface area contributed by atoms with Crippen LogP contribution in [0, 0.1) is 0 Å². The minimum absolute atomic E-state index is 0.0598. The monoisotopic (exact) mass is 282 g/mol. The van der Waals surface area contributed by atoms with Crippen LogP contribution in [-0.4, -0.2) is 19.1 Å². The topological polar surface area (TPSA) is 50.4 Å². The molecule has 21 heavy (non-hydrogen) atoms. The fourth-order valence-electron chi connectivity index (χ4n) is 2.42. The number of benzene rings is 2. The quantitative estimate of drug-likeness (QED) is 0.886. The van der Waals surface area contributed by atoms with Gasteiger partial charge in [0.2, 0.25) is 5.91 Å². The Morgan fingerprint density at radius 3 is 2.90 bits per heavy atom. The minimum Gasteiger partial charge on any atom is -0.384 e. The zero-order valence-corrected chi connectivity index (χ0v) is 11.8. The maximum Gasteiger partial charge on any atom is 0.250 e. The SMILES string of the molecule is O=C(COCc1ccccc1)Nc1ccc2c(c1)CCN2. The smallest absolute Gasteiger partial charge is 0.250 e. The molecule has 0 radical (unpaired) electrons. The molecule has 0 fully saturated rings. The van der Waals surface area contributed by atoms with Crippen LogP contribution >= 0.6 is 0 Å². The summed E-state index contributed by atoms with van der Waals surface area (Å²) in [6.45, 7) is 1.47. The average Bonchev–Trinajstić information content (AvgIpc) is 2.96. The highest BCUT2D eigenvalue weighted by Gasteiger charge is 2.11. The van der Waals surface area contributed by atoms with E-state index in [0.717, 1.165) is 29.9 Å². The summed E-state index contributed by atoms with van der Waals surface area (Å²) < 4.78 is 5.42. The zero-order chi connectivity index (χ0) is 14.5. The molecule has 3 rings (SSSR count). The van der Waals surface area contributed by atoms with Crippen LogP contribution in [0.3, 0.4) is 0 Å². The first-order valence-electron chi connectivity index (χ1n) is 7.09. The van der Waals surface area contributed by atoms with Crippen molar-refractivity contribution in [3.63, 3.8) is 0 Å². The van der Waals surface area contributed by atoms with E-state index in [4.69, 9.17) is 4.74 Å². The van der Waals surface area contributed by atoms with Gasteiger partial charge in [-0.05, 0) is 35.7 Å². The maximum absolute atomic E-state index is 11.9. The van der Waals surface area contributed by atoms with Crippen molar-refractivity contribution in [1.29, 1.82) is 0 Å². The molecule has 0 spiro atoms. The molecule has 2 aromatic rings. The Morgan fingerprint density at radius 2 is 2.05 bits per heavy atom. The normalized spacial score (nSPS) is 12.6. The van der Waals surface area contributed by atoms with E-state index in [1.165, 1.54) is 5.56 Å². The van der Waals surface area contributed by atoms with Crippen LogP contribution in [0.2, 0.25) is 0 Å². The molecule has 1 aliphatic heterocycles. The molecule has 1 aliphatic rings. The number of hydrogen-bond acceptors (Lipinski definition) is 3. The van der Waals surface area contributed by atoms with E-state index in [1.807, 2.05) is 48.5 Å². The van der Waals surface area contributed by atoms with Gasteiger partial charge in [0.1, 0.15) is 6.61 Å². The van der Waals surface area contributed by atoms with Crippen LogP contribution in [0.15, 0.2) is 48.5 Å². The summed E-state index contributed by atoms with van der Waals surface area (Å²) in [5.41, 5.74) is 4.30. The molecule has 0 atom stereocenters. The molecule has 4 nitrogen and oxygen atoms in total. The van der Waals surface area contributed by atoms with Crippen molar-refractivity contribution >= 4 is 17.3 Å². The van der Waals surface area contributed by atoms with Gasteiger partial charge in [0.05, 0.1) is 6.61 Å². The molecule has 0 aromatic heterocycles. The lowest BCUT2D eigenvalue weighted by Crippen LogP contribution is -2.18. The highest BCUT2D eigenvalue weighted by molar-refractivity contribution is 5.92. The molecule has 2 aromatic carbocycles. The molecular formula is C17H18N2O2. The summed E-state index contributed by atoms with van der Waals surface area (Å²) in [4.78, 5) is 11.9. The van der Waals surface area contributed by atoms with E-state index in [0.29, 0.717) is 6.61 Å². The predicted octanol–water partition coefficient (Wildman–Crippen LogP) is 2.81. The van der Waals surface area contributed by atoms with Gasteiger partial charge in [0.15, 0.2) is 0 Å². The maximum atomic E-state index is 11.9. The molecule has 0 saturated carbocycles. The number of anilines is 2. The highest BCUT2D eigenvalue weighted by atomic mass is 16.5. The van der Waals surface area contributed by atoms with Crippen LogP contribution in [0.4, 0.5) is 11.4 Å². The second kappa shape index (κ2) is 6.41. The van der Waals surface area contributed by atoms with Gasteiger partial charge in [-0.1, -0.05) is 30.3 Å². The summed E-state index contributed by atoms with van der Waals surface area (Å²) in [6.07, 6.45) is 1.00. The second-order valence-corrected chi connectivity index (χ2v) is 5.08. The van der Waals surface area contributed by atoms with Crippen molar-refractivity contribution < 1.29 is 9.53 Å². The van der Waals surface area contributed by atoms with E-state index < -0.39 is 0 Å². The van der Waals surface area contributed by atoms with Crippen LogP contribution < -0.4 is 10.6 Å². The van der Waals surface area contributed by atoms with Gasteiger partial charge in [0, 0.05) is 17.9 Å². The van der Waals surface area contributed by atoms with Gasteiger partial charge in [-0.15, -0.1) is 0 Å². The van der Waals surface area contributed by atoms with Gasteiger partial charge in [-0.3, -0.25) is 4.79 Å². The van der Waals surface area contributed by atoms with Crippen LogP contribution in [0.25, 0.3) is 0 Å². The Hall–Kier alpha value is -2.33. The predicted molar refractivity (Wildman–Crippen MR) is 83.4 cm³/mol. The summed E-state index contributed by atoms with van der Waals surface area (Å²) in [5.74, 6) is -0.128. The first-order chi connectivity index (χ1) is 10.3. The largest absolute Gasteiger partial charge is 0.384 e. The summed E-state index contributed by atoms with van der Waals surface area (Å²) >= 11 is 0. The summed E-state index contributed by atoms with van der Waals surface area (Å²) in [7, 11) is 0. The van der Waals surface area contributed by atoms with Crippen molar-refractivity contribution in [3.8, 4) is 0 Å². The number of fused-ring (bicyclic) bond motifs is 1. The minimum atomic E-state index is -0.128. The van der Waals surface area contributed by atoms with E-state index >= 15 is 0 Å². The third kappa shape index (κ3) is 3.61. The van der Waals surface area contributed by atoms with Crippen LogP contribution in [0.1, 0.15) is 11.1 Å². The number of hydrogen-bond donors (Lipinski definition) is 2. The number of ether oxygens (including phenoxy) is 1. The number of rotatable bonds is 5. The number of nitrogens with one attached hydrogen (secondary N) is 2. The molecule has 0 saturated heterocycles. The van der Waals surface area contributed by atoms with Crippen molar-refractivity contribution in [3.05, 3.63) is 59.7 Å². The Kier molecular flexibility index (Phi) is 4.17. The lowest BCUT2D eigenvalue weighted by atomic mass is 10.1. The van der Waals surface area contributed by atoms with Gasteiger partial charge >= 0.3 is 0 Å². The third-order valence-corrected chi connectivity index (χ3v) is 3.44. The number of amides is 1. The van der Waals surface area contributed by atoms with E-state index in [1.54, 1.807) is 0 Å². The summed E-state index contributed by atoms with van der Waals surface area (Å²) in [6, 6.07) is 15.8. The van der Waals surface area contributed by atoms with Gasteiger partial charge in [-0.2, -0.15) is 0 Å². The zero-order valence-electron chi connectivity index (χ0n) is 11.8. The molecule has 4 heteroatoms. The van der Waals surface area contributed by atoms with Gasteiger partial charge in [0.25, 0.3) is 0 Å². The highest BCUT2D eigenvalue weighted by Crippen LogP contribution is 2.25. The lowest BCUT2D eigenvalue weighted by Gasteiger charge is -2.08. The van der Waals surface area contributed by atoms with Crippen molar-refractivity contribution in [2.45, 2.75) is 13.0 Å². The number of carbonyl (C=O) groups excluding carboxylic acids is 1. The van der Waals surface area contributed by atoms with Crippen LogP contribution in [-0.2, 0) is 22.6 Å². The molecule has 1 heterocycles. The van der Waals surface area contributed by atoms with Crippen molar-refractivity contribution in [2.24, 2.45) is 0 Å². The Balaban J connectivity index is 1.48. The third-order valence-electron chi connectivity index (χ3n) is 3.44. The first-order valence-corrected chi connectivity index (χ1v) is 7.09. The van der Waals surface area contributed by atoms with Crippen molar-refractivity contribution in [1.82, 2.24) is 0 Å². The Bertz CT molecular complexity index is 626. The molecular weight excluding hydrogens is 264 g/mol. The second-order valence-electron chi connectivity index (χ2n) is 5.08. The molecule has 0 bridgehead atoms. The van der Waals surface area contributed by atoms with Gasteiger partial charge in [-0.25, -0.2) is 0 Å². The van der Waals surface area contributed by atoms with Crippen LogP contribution in [0.5, 0.6) is 0 Å². The molecule has 0 unspecified atom stereocenters. The van der Waals surface area contributed by atoms with E-state index in [2.05, 4.69) is 10.6 Å². The molecule has 0 aliphatic carbocycles. The molecule has 1 amide bonds. The average molecular weight is 282 g/mol.